The van der Waals surface area contributed by atoms with E-state index in [0.717, 1.165) is 18.9 Å². The van der Waals surface area contributed by atoms with Gasteiger partial charge < -0.3 is 5.11 Å². The molecule has 2 rings (SSSR count). The van der Waals surface area contributed by atoms with Gasteiger partial charge in [-0.05, 0) is 44.1 Å². The third kappa shape index (κ3) is 2.36. The van der Waals surface area contributed by atoms with Gasteiger partial charge >= 0.3 is 0 Å². The zero-order chi connectivity index (χ0) is 11.1. The summed E-state index contributed by atoms with van der Waals surface area (Å²) in [5.41, 5.74) is 0.393. The standard InChI is InChI=1S/C13H25NO/c1-13(2,3)12-5-4-8-14(12)10-6-7-11(15)9-10/h10-12,15H,4-9H2,1-3H3. The SMILES string of the molecule is CC(C)(C)C1CCCN1C1CCC(O)C1. The molecule has 2 fully saturated rings. The van der Waals surface area contributed by atoms with Crippen LogP contribution in [0.3, 0.4) is 0 Å². The summed E-state index contributed by atoms with van der Waals surface area (Å²) in [4.78, 5) is 2.68. The third-order valence-electron chi connectivity index (χ3n) is 4.14. The highest BCUT2D eigenvalue weighted by atomic mass is 16.3. The molecule has 1 aliphatic carbocycles. The number of nitrogens with zero attached hydrogens (tertiary/aromatic N) is 1. The molecule has 0 aromatic carbocycles. The van der Waals surface area contributed by atoms with Gasteiger partial charge in [-0.1, -0.05) is 20.8 Å². The van der Waals surface area contributed by atoms with E-state index in [2.05, 4.69) is 25.7 Å². The molecule has 0 aromatic heterocycles. The van der Waals surface area contributed by atoms with Crippen LogP contribution < -0.4 is 0 Å². The van der Waals surface area contributed by atoms with Gasteiger partial charge in [0, 0.05) is 12.1 Å². The summed E-state index contributed by atoms with van der Waals surface area (Å²) in [5.74, 6) is 0. The van der Waals surface area contributed by atoms with E-state index in [-0.39, 0.29) is 6.10 Å². The van der Waals surface area contributed by atoms with Crippen molar-refractivity contribution in [3.05, 3.63) is 0 Å². The lowest BCUT2D eigenvalue weighted by Crippen LogP contribution is -2.44. The van der Waals surface area contributed by atoms with Crippen LogP contribution in [0.4, 0.5) is 0 Å². The Balaban J connectivity index is 2.02. The molecule has 0 radical (unpaired) electrons. The van der Waals surface area contributed by atoms with E-state index in [0.29, 0.717) is 11.5 Å². The van der Waals surface area contributed by atoms with Gasteiger partial charge in [0.05, 0.1) is 6.10 Å². The molecule has 3 atom stereocenters. The number of aliphatic hydroxyl groups excluding tert-OH is 1. The first-order valence-corrected chi connectivity index (χ1v) is 6.42. The summed E-state index contributed by atoms with van der Waals surface area (Å²) in [6.07, 6.45) is 5.87. The lowest BCUT2D eigenvalue weighted by Gasteiger charge is -2.38. The molecule has 0 bridgehead atoms. The van der Waals surface area contributed by atoms with Crippen LogP contribution in [-0.4, -0.2) is 34.7 Å². The van der Waals surface area contributed by atoms with Crippen LogP contribution in [0.5, 0.6) is 0 Å². The van der Waals surface area contributed by atoms with Crippen LogP contribution in [0.1, 0.15) is 52.9 Å². The highest BCUT2D eigenvalue weighted by Gasteiger charge is 2.39. The second kappa shape index (κ2) is 4.06. The Labute approximate surface area is 93.7 Å². The first-order chi connectivity index (χ1) is 6.98. The van der Waals surface area contributed by atoms with Gasteiger partial charge in [0.2, 0.25) is 0 Å². The van der Waals surface area contributed by atoms with Crippen LogP contribution in [-0.2, 0) is 0 Å². The highest BCUT2D eigenvalue weighted by molar-refractivity contribution is 4.94. The van der Waals surface area contributed by atoms with E-state index in [9.17, 15) is 5.11 Å². The summed E-state index contributed by atoms with van der Waals surface area (Å²) in [5, 5.41) is 9.62. The Morgan fingerprint density at radius 3 is 2.40 bits per heavy atom. The van der Waals surface area contributed by atoms with Crippen LogP contribution in [0.2, 0.25) is 0 Å². The first-order valence-electron chi connectivity index (χ1n) is 6.42. The van der Waals surface area contributed by atoms with E-state index in [1.54, 1.807) is 0 Å². The smallest absolute Gasteiger partial charge is 0.0555 e. The average molecular weight is 211 g/mol. The fourth-order valence-corrected chi connectivity index (χ4v) is 3.39. The molecule has 2 nitrogen and oxygen atoms in total. The lowest BCUT2D eigenvalue weighted by atomic mass is 9.84. The Morgan fingerprint density at radius 1 is 1.13 bits per heavy atom. The number of hydrogen-bond acceptors (Lipinski definition) is 2. The van der Waals surface area contributed by atoms with Gasteiger partial charge in [-0.2, -0.15) is 0 Å². The molecular formula is C13H25NO. The van der Waals surface area contributed by atoms with E-state index >= 15 is 0 Å². The van der Waals surface area contributed by atoms with Crippen molar-refractivity contribution in [2.75, 3.05) is 6.54 Å². The molecule has 88 valence electrons. The molecule has 2 heteroatoms. The van der Waals surface area contributed by atoms with Gasteiger partial charge in [-0.25, -0.2) is 0 Å². The minimum absolute atomic E-state index is 0.0313. The van der Waals surface area contributed by atoms with E-state index in [1.165, 1.54) is 25.8 Å². The van der Waals surface area contributed by atoms with Crippen molar-refractivity contribution in [1.82, 2.24) is 4.90 Å². The Morgan fingerprint density at radius 2 is 1.87 bits per heavy atom. The maximum absolute atomic E-state index is 9.62. The summed E-state index contributed by atoms with van der Waals surface area (Å²) < 4.78 is 0. The van der Waals surface area contributed by atoms with Crippen molar-refractivity contribution in [2.45, 2.75) is 71.1 Å². The van der Waals surface area contributed by atoms with E-state index < -0.39 is 0 Å². The normalized spacial score (nSPS) is 38.8. The molecule has 15 heavy (non-hydrogen) atoms. The first kappa shape index (κ1) is 11.4. The van der Waals surface area contributed by atoms with Crippen LogP contribution in [0.15, 0.2) is 0 Å². The number of hydrogen-bond donors (Lipinski definition) is 1. The quantitative estimate of drug-likeness (QED) is 0.720. The average Bonchev–Trinajstić information content (AvgIpc) is 2.68. The molecule has 1 heterocycles. The Kier molecular flexibility index (Phi) is 3.09. The maximum Gasteiger partial charge on any atom is 0.0555 e. The van der Waals surface area contributed by atoms with Crippen LogP contribution in [0, 0.1) is 5.41 Å². The summed E-state index contributed by atoms with van der Waals surface area (Å²) >= 11 is 0. The third-order valence-corrected chi connectivity index (χ3v) is 4.14. The molecule has 1 aliphatic heterocycles. The summed E-state index contributed by atoms with van der Waals surface area (Å²) in [7, 11) is 0. The van der Waals surface area contributed by atoms with Crippen molar-refractivity contribution in [2.24, 2.45) is 5.41 Å². The molecule has 3 unspecified atom stereocenters. The molecule has 2 aliphatic rings. The van der Waals surface area contributed by atoms with Crippen molar-refractivity contribution in [3.63, 3.8) is 0 Å². The topological polar surface area (TPSA) is 23.5 Å². The van der Waals surface area contributed by atoms with Crippen molar-refractivity contribution in [1.29, 1.82) is 0 Å². The zero-order valence-corrected chi connectivity index (χ0v) is 10.4. The minimum Gasteiger partial charge on any atom is -0.393 e. The second-order valence-corrected chi connectivity index (χ2v) is 6.38. The molecule has 1 saturated carbocycles. The fraction of sp³-hybridized carbons (Fsp3) is 1.00. The molecule has 1 N–H and O–H groups in total. The predicted octanol–water partition coefficient (Wildman–Crippen LogP) is 2.41. The highest BCUT2D eigenvalue weighted by Crippen LogP contribution is 2.37. The minimum atomic E-state index is -0.0313. The lowest BCUT2D eigenvalue weighted by molar-refractivity contribution is 0.0883. The van der Waals surface area contributed by atoms with E-state index in [4.69, 9.17) is 0 Å². The summed E-state index contributed by atoms with van der Waals surface area (Å²) in [6, 6.07) is 1.39. The number of likely N-dealkylation sites (tertiary alicyclic amines) is 1. The van der Waals surface area contributed by atoms with Crippen LogP contribution >= 0.6 is 0 Å². The van der Waals surface area contributed by atoms with E-state index in [1.807, 2.05) is 0 Å². The fourth-order valence-electron chi connectivity index (χ4n) is 3.39. The van der Waals surface area contributed by atoms with Crippen molar-refractivity contribution < 1.29 is 5.11 Å². The number of aliphatic hydroxyl groups is 1. The van der Waals surface area contributed by atoms with Crippen LogP contribution in [0.25, 0.3) is 0 Å². The van der Waals surface area contributed by atoms with Gasteiger partial charge in [0.1, 0.15) is 0 Å². The van der Waals surface area contributed by atoms with Gasteiger partial charge in [-0.15, -0.1) is 0 Å². The van der Waals surface area contributed by atoms with Crippen molar-refractivity contribution in [3.8, 4) is 0 Å². The molecule has 1 saturated heterocycles. The maximum atomic E-state index is 9.62. The van der Waals surface area contributed by atoms with Gasteiger partial charge in [0.15, 0.2) is 0 Å². The molecule has 0 amide bonds. The zero-order valence-electron chi connectivity index (χ0n) is 10.4. The Hall–Kier alpha value is -0.0800. The Bertz CT molecular complexity index is 221. The monoisotopic (exact) mass is 211 g/mol. The molecule has 0 aromatic rings. The van der Waals surface area contributed by atoms with Gasteiger partial charge in [-0.3, -0.25) is 4.90 Å². The summed E-state index contributed by atoms with van der Waals surface area (Å²) in [6.45, 7) is 8.30. The van der Waals surface area contributed by atoms with Gasteiger partial charge in [0.25, 0.3) is 0 Å². The number of rotatable bonds is 1. The predicted molar refractivity (Wildman–Crippen MR) is 62.8 cm³/mol. The molecular weight excluding hydrogens is 186 g/mol. The molecule has 0 spiro atoms. The van der Waals surface area contributed by atoms with Crippen molar-refractivity contribution >= 4 is 0 Å². The second-order valence-electron chi connectivity index (χ2n) is 6.38. The largest absolute Gasteiger partial charge is 0.393 e.